The zero-order valence-electron chi connectivity index (χ0n) is 9.29. The third-order valence-corrected chi connectivity index (χ3v) is 2.12. The average molecular weight is 201 g/mol. The van der Waals surface area contributed by atoms with E-state index in [0.717, 1.165) is 0 Å². The molecule has 0 saturated carbocycles. The van der Waals surface area contributed by atoms with Gasteiger partial charge >= 0.3 is 0 Å². The first-order chi connectivity index (χ1) is 6.49. The molecule has 0 aliphatic heterocycles. The third kappa shape index (κ3) is 4.97. The van der Waals surface area contributed by atoms with Crippen LogP contribution in [0.4, 0.5) is 0 Å². The van der Waals surface area contributed by atoms with Gasteiger partial charge in [-0.3, -0.25) is 9.59 Å². The fourth-order valence-corrected chi connectivity index (χ4v) is 1.25. The van der Waals surface area contributed by atoms with Crippen molar-refractivity contribution >= 4 is 11.7 Å². The molecule has 0 heterocycles. The predicted octanol–water partition coefficient (Wildman–Crippen LogP) is 0.610. The largest absolute Gasteiger partial charge is 0.375 e. The molecule has 0 spiro atoms. The molecule has 0 saturated heterocycles. The van der Waals surface area contributed by atoms with E-state index in [0.29, 0.717) is 6.54 Å². The molecule has 0 unspecified atom stereocenters. The highest BCUT2D eigenvalue weighted by Crippen LogP contribution is 2.10. The maximum Gasteiger partial charge on any atom is 0.246 e. The number of Topliss-reactive ketones (excluding diaryl/α,β-unsaturated/α-hetero) is 1. The van der Waals surface area contributed by atoms with Crippen molar-refractivity contribution in [1.82, 2.24) is 5.32 Å². The third-order valence-electron chi connectivity index (χ3n) is 2.12. The number of nitrogens with one attached hydrogen (secondary N) is 1. The molecule has 0 radical (unpaired) electrons. The number of methoxy groups -OCH3 is 1. The van der Waals surface area contributed by atoms with Crippen LogP contribution in [0.15, 0.2) is 0 Å². The molecular weight excluding hydrogens is 182 g/mol. The van der Waals surface area contributed by atoms with Crippen molar-refractivity contribution in [3.8, 4) is 0 Å². The van der Waals surface area contributed by atoms with E-state index in [-0.39, 0.29) is 30.1 Å². The molecule has 4 nitrogen and oxygen atoms in total. The molecule has 1 amide bonds. The van der Waals surface area contributed by atoms with E-state index in [2.05, 4.69) is 10.1 Å². The summed E-state index contributed by atoms with van der Waals surface area (Å²) in [4.78, 5) is 22.2. The van der Waals surface area contributed by atoms with Crippen molar-refractivity contribution in [2.24, 2.45) is 11.8 Å². The second-order valence-electron chi connectivity index (χ2n) is 3.70. The predicted molar refractivity (Wildman–Crippen MR) is 53.9 cm³/mol. The number of hydrogen-bond acceptors (Lipinski definition) is 3. The van der Waals surface area contributed by atoms with E-state index in [4.69, 9.17) is 0 Å². The van der Waals surface area contributed by atoms with Crippen LogP contribution < -0.4 is 5.32 Å². The van der Waals surface area contributed by atoms with Crippen LogP contribution in [0.3, 0.4) is 0 Å². The summed E-state index contributed by atoms with van der Waals surface area (Å²) >= 11 is 0. The maximum absolute atomic E-state index is 11.2. The van der Waals surface area contributed by atoms with E-state index in [1.165, 1.54) is 7.11 Å². The van der Waals surface area contributed by atoms with Crippen LogP contribution >= 0.6 is 0 Å². The lowest BCUT2D eigenvalue weighted by molar-refractivity contribution is -0.126. The van der Waals surface area contributed by atoms with E-state index >= 15 is 0 Å². The van der Waals surface area contributed by atoms with E-state index in [1.807, 2.05) is 13.8 Å². The standard InChI is InChI=1S/C10H19NO3/c1-7(2)9(8(3)12)5-11-10(13)6-14-4/h7,9H,5-6H2,1-4H3,(H,11,13)/t9-/m1/s1. The number of carbonyl (C=O) groups excluding carboxylic acids is 2. The Hall–Kier alpha value is -0.900. The van der Waals surface area contributed by atoms with Crippen LogP contribution in [0.5, 0.6) is 0 Å². The highest BCUT2D eigenvalue weighted by Gasteiger charge is 2.18. The topological polar surface area (TPSA) is 55.4 Å². The van der Waals surface area contributed by atoms with E-state index in [1.54, 1.807) is 6.92 Å². The molecule has 0 aromatic heterocycles. The van der Waals surface area contributed by atoms with Crippen LogP contribution in [-0.2, 0) is 14.3 Å². The second-order valence-corrected chi connectivity index (χ2v) is 3.70. The van der Waals surface area contributed by atoms with Gasteiger partial charge in [0, 0.05) is 19.6 Å². The van der Waals surface area contributed by atoms with E-state index in [9.17, 15) is 9.59 Å². The van der Waals surface area contributed by atoms with Crippen molar-refractivity contribution < 1.29 is 14.3 Å². The first-order valence-corrected chi connectivity index (χ1v) is 4.75. The monoisotopic (exact) mass is 201 g/mol. The second kappa shape index (κ2) is 6.54. The van der Waals surface area contributed by atoms with Gasteiger partial charge in [-0.25, -0.2) is 0 Å². The maximum atomic E-state index is 11.2. The molecule has 0 aliphatic carbocycles. The van der Waals surface area contributed by atoms with Crippen molar-refractivity contribution in [1.29, 1.82) is 0 Å². The first kappa shape index (κ1) is 13.1. The molecule has 0 fully saturated rings. The Kier molecular flexibility index (Phi) is 6.12. The van der Waals surface area contributed by atoms with Crippen molar-refractivity contribution in [2.75, 3.05) is 20.3 Å². The van der Waals surface area contributed by atoms with Crippen molar-refractivity contribution in [3.05, 3.63) is 0 Å². The number of hydrogen-bond donors (Lipinski definition) is 1. The Morgan fingerprint density at radius 2 is 1.93 bits per heavy atom. The van der Waals surface area contributed by atoms with Crippen LogP contribution in [0.1, 0.15) is 20.8 Å². The fourth-order valence-electron chi connectivity index (χ4n) is 1.25. The molecule has 0 aromatic carbocycles. The van der Waals surface area contributed by atoms with Gasteiger partial charge in [-0.2, -0.15) is 0 Å². The van der Waals surface area contributed by atoms with Gasteiger partial charge in [0.05, 0.1) is 0 Å². The van der Waals surface area contributed by atoms with Crippen LogP contribution in [0.2, 0.25) is 0 Å². The average Bonchev–Trinajstić information content (AvgIpc) is 2.03. The highest BCUT2D eigenvalue weighted by atomic mass is 16.5. The molecule has 82 valence electrons. The zero-order chi connectivity index (χ0) is 11.1. The Morgan fingerprint density at radius 3 is 2.29 bits per heavy atom. The molecule has 4 heteroatoms. The molecule has 0 rings (SSSR count). The lowest BCUT2D eigenvalue weighted by Gasteiger charge is -2.17. The molecule has 1 N–H and O–H groups in total. The van der Waals surface area contributed by atoms with Gasteiger partial charge in [-0.1, -0.05) is 13.8 Å². The molecular formula is C10H19NO3. The minimum atomic E-state index is -0.181. The normalized spacial score (nSPS) is 12.6. The van der Waals surface area contributed by atoms with Gasteiger partial charge in [-0.15, -0.1) is 0 Å². The summed E-state index contributed by atoms with van der Waals surface area (Å²) in [5, 5.41) is 2.66. The Bertz CT molecular complexity index is 202. The smallest absolute Gasteiger partial charge is 0.246 e. The first-order valence-electron chi connectivity index (χ1n) is 4.75. The van der Waals surface area contributed by atoms with E-state index < -0.39 is 0 Å². The summed E-state index contributed by atoms with van der Waals surface area (Å²) in [6, 6.07) is 0. The lowest BCUT2D eigenvalue weighted by atomic mass is 9.92. The summed E-state index contributed by atoms with van der Waals surface area (Å²) in [5.41, 5.74) is 0. The Balaban J connectivity index is 3.94. The number of carbonyl (C=O) groups is 2. The van der Waals surface area contributed by atoms with Crippen LogP contribution in [0, 0.1) is 11.8 Å². The highest BCUT2D eigenvalue weighted by molar-refractivity contribution is 5.81. The van der Waals surface area contributed by atoms with Crippen molar-refractivity contribution in [2.45, 2.75) is 20.8 Å². The van der Waals surface area contributed by atoms with Gasteiger partial charge in [0.2, 0.25) is 5.91 Å². The SMILES string of the molecule is COCC(=O)NC[C@@H](C(C)=O)C(C)C. The molecule has 0 aromatic rings. The molecule has 14 heavy (non-hydrogen) atoms. The lowest BCUT2D eigenvalue weighted by Crippen LogP contribution is -2.36. The minimum absolute atomic E-state index is 0.0444. The number of ether oxygens (including phenoxy) is 1. The number of amides is 1. The summed E-state index contributed by atoms with van der Waals surface area (Å²) in [6.07, 6.45) is 0. The zero-order valence-corrected chi connectivity index (χ0v) is 9.29. The van der Waals surface area contributed by atoms with Gasteiger partial charge in [0.15, 0.2) is 0 Å². The molecule has 1 atom stereocenters. The number of ketones is 1. The summed E-state index contributed by atoms with van der Waals surface area (Å²) in [7, 11) is 1.46. The Morgan fingerprint density at radius 1 is 1.36 bits per heavy atom. The van der Waals surface area contributed by atoms with Gasteiger partial charge in [0.1, 0.15) is 12.4 Å². The molecule has 0 bridgehead atoms. The summed E-state index contributed by atoms with van der Waals surface area (Å²) < 4.78 is 4.66. The quantitative estimate of drug-likeness (QED) is 0.685. The summed E-state index contributed by atoms with van der Waals surface area (Å²) in [6.45, 7) is 5.92. The Labute approximate surface area is 85.0 Å². The number of rotatable bonds is 6. The van der Waals surface area contributed by atoms with Gasteiger partial charge < -0.3 is 10.1 Å². The van der Waals surface area contributed by atoms with Gasteiger partial charge in [-0.05, 0) is 12.8 Å². The van der Waals surface area contributed by atoms with Crippen LogP contribution in [-0.4, -0.2) is 32.0 Å². The van der Waals surface area contributed by atoms with Crippen molar-refractivity contribution in [3.63, 3.8) is 0 Å². The minimum Gasteiger partial charge on any atom is -0.375 e. The fraction of sp³-hybridized carbons (Fsp3) is 0.800. The molecule has 0 aliphatic rings. The van der Waals surface area contributed by atoms with Crippen LogP contribution in [0.25, 0.3) is 0 Å². The van der Waals surface area contributed by atoms with Gasteiger partial charge in [0.25, 0.3) is 0 Å². The summed E-state index contributed by atoms with van der Waals surface area (Å²) in [5.74, 6) is 0.0725.